The number of H-pyrrole nitrogens is 1. The molecular weight excluding hydrogens is 508 g/mol. The Morgan fingerprint density at radius 1 is 0.756 bits per heavy atom. The lowest BCUT2D eigenvalue weighted by Gasteiger charge is -2.35. The highest BCUT2D eigenvalue weighted by Gasteiger charge is 2.30. The molecule has 6 rings (SSSR count). The minimum absolute atomic E-state index is 0.0387. The van der Waals surface area contributed by atoms with Crippen molar-refractivity contribution in [2.45, 2.75) is 45.6 Å². The number of hydrogen-bond acceptors (Lipinski definition) is 3. The Balaban J connectivity index is 1.13. The molecule has 41 heavy (non-hydrogen) atoms. The fourth-order valence-electron chi connectivity index (χ4n) is 6.82. The molecule has 4 aromatic rings. The van der Waals surface area contributed by atoms with E-state index in [2.05, 4.69) is 60.1 Å². The summed E-state index contributed by atoms with van der Waals surface area (Å²) in [6, 6.07) is 24.7. The van der Waals surface area contributed by atoms with Crippen molar-refractivity contribution < 1.29 is 9.59 Å². The van der Waals surface area contributed by atoms with Crippen molar-refractivity contribution in [1.29, 1.82) is 0 Å². The smallest absolute Gasteiger partial charge is 0.270 e. The molecule has 0 aliphatic carbocycles. The number of para-hydroxylation sites is 1. The number of aromatic amines is 1. The Morgan fingerprint density at radius 3 is 2.10 bits per heavy atom. The number of rotatable bonds is 6. The summed E-state index contributed by atoms with van der Waals surface area (Å²) < 4.78 is 0. The van der Waals surface area contributed by atoms with Crippen LogP contribution in [0, 0.1) is 13.8 Å². The molecule has 0 unspecified atom stereocenters. The molecule has 2 saturated heterocycles. The Bertz CT molecular complexity index is 1510. The summed E-state index contributed by atoms with van der Waals surface area (Å²) in [6.45, 7) is 9.51. The number of likely N-dealkylation sites (tertiary alicyclic amines) is 1. The van der Waals surface area contributed by atoms with Gasteiger partial charge >= 0.3 is 0 Å². The second kappa shape index (κ2) is 11.9. The van der Waals surface area contributed by atoms with Gasteiger partial charge in [-0.25, -0.2) is 0 Å². The molecule has 0 atom stereocenters. The molecule has 3 aromatic carbocycles. The fourth-order valence-corrected chi connectivity index (χ4v) is 6.82. The third kappa shape index (κ3) is 5.80. The van der Waals surface area contributed by atoms with Gasteiger partial charge in [-0.2, -0.15) is 0 Å². The summed E-state index contributed by atoms with van der Waals surface area (Å²) in [5.74, 6) is 0.757. The summed E-state index contributed by atoms with van der Waals surface area (Å²) in [5.41, 5.74) is 8.15. The number of aromatic nitrogens is 1. The van der Waals surface area contributed by atoms with Gasteiger partial charge in [0.05, 0.1) is 6.42 Å². The lowest BCUT2D eigenvalue weighted by atomic mass is 9.84. The van der Waals surface area contributed by atoms with E-state index in [-0.39, 0.29) is 11.8 Å². The van der Waals surface area contributed by atoms with E-state index in [4.69, 9.17) is 0 Å². The number of nitrogens with one attached hydrogen (secondary N) is 1. The third-order valence-corrected chi connectivity index (χ3v) is 9.06. The van der Waals surface area contributed by atoms with Gasteiger partial charge in [0.2, 0.25) is 5.91 Å². The first-order valence-electron chi connectivity index (χ1n) is 15.0. The molecule has 0 radical (unpaired) electrons. The summed E-state index contributed by atoms with van der Waals surface area (Å²) >= 11 is 0. The zero-order valence-electron chi connectivity index (χ0n) is 24.2. The number of piperidine rings is 1. The van der Waals surface area contributed by atoms with Crippen LogP contribution in [0.4, 0.5) is 0 Å². The van der Waals surface area contributed by atoms with Crippen LogP contribution < -0.4 is 0 Å². The van der Waals surface area contributed by atoms with Crippen LogP contribution in [0.1, 0.15) is 57.1 Å². The van der Waals surface area contributed by atoms with E-state index in [1.807, 2.05) is 46.2 Å². The first kappa shape index (κ1) is 27.3. The van der Waals surface area contributed by atoms with Crippen molar-refractivity contribution in [2.75, 3.05) is 39.3 Å². The molecule has 3 heterocycles. The van der Waals surface area contributed by atoms with Gasteiger partial charge in [0.15, 0.2) is 0 Å². The van der Waals surface area contributed by atoms with Gasteiger partial charge in [0.1, 0.15) is 5.69 Å². The molecule has 0 bridgehead atoms. The molecule has 1 aromatic heterocycles. The highest BCUT2D eigenvalue weighted by atomic mass is 16.2. The zero-order chi connectivity index (χ0) is 28.3. The summed E-state index contributed by atoms with van der Waals surface area (Å²) in [4.78, 5) is 36.5. The first-order valence-corrected chi connectivity index (χ1v) is 15.0. The number of fused-ring (bicyclic) bond motifs is 1. The van der Waals surface area contributed by atoms with Gasteiger partial charge in [0, 0.05) is 49.2 Å². The zero-order valence-corrected chi connectivity index (χ0v) is 24.2. The SMILES string of the molecule is Cc1cccc(C)c1C1CCN(Cc2c(C(=O)N3CCN(C(=O)Cc4ccccc4)CC3)[nH]c3ccccc23)CC1. The average molecular weight is 549 g/mol. The van der Waals surface area contributed by atoms with Crippen LogP contribution in [0.5, 0.6) is 0 Å². The summed E-state index contributed by atoms with van der Waals surface area (Å²) in [5, 5.41) is 1.13. The summed E-state index contributed by atoms with van der Waals surface area (Å²) in [6.07, 6.45) is 2.67. The molecule has 6 nitrogen and oxygen atoms in total. The van der Waals surface area contributed by atoms with Crippen LogP contribution in [0.2, 0.25) is 0 Å². The standard InChI is InChI=1S/C35H40N4O2/c1-25-9-8-10-26(2)33(25)28-15-17-37(18-16-28)24-30-29-13-6-7-14-31(29)36-34(30)35(41)39-21-19-38(20-22-39)32(40)23-27-11-4-3-5-12-27/h3-14,28,36H,15-24H2,1-2H3. The van der Waals surface area contributed by atoms with E-state index in [0.717, 1.165) is 54.5 Å². The predicted octanol–water partition coefficient (Wildman–Crippen LogP) is 5.69. The Labute approximate surface area is 243 Å². The second-order valence-corrected chi connectivity index (χ2v) is 11.7. The molecule has 6 heteroatoms. The molecule has 2 fully saturated rings. The molecule has 2 aliphatic rings. The van der Waals surface area contributed by atoms with Gasteiger partial charge in [-0.15, -0.1) is 0 Å². The minimum atomic E-state index is 0.0387. The van der Waals surface area contributed by atoms with Crippen LogP contribution in [0.15, 0.2) is 72.8 Å². The summed E-state index contributed by atoms with van der Waals surface area (Å²) in [7, 11) is 0. The van der Waals surface area contributed by atoms with Crippen molar-refractivity contribution in [3.8, 4) is 0 Å². The maximum absolute atomic E-state index is 13.9. The number of nitrogens with zero attached hydrogens (tertiary/aromatic N) is 3. The highest BCUT2D eigenvalue weighted by Crippen LogP contribution is 2.34. The van der Waals surface area contributed by atoms with Crippen LogP contribution in [0.25, 0.3) is 10.9 Å². The number of carbonyl (C=O) groups is 2. The fraction of sp³-hybridized carbons (Fsp3) is 0.371. The predicted molar refractivity (Wildman–Crippen MR) is 164 cm³/mol. The van der Waals surface area contributed by atoms with E-state index in [1.165, 1.54) is 16.7 Å². The average Bonchev–Trinajstić information content (AvgIpc) is 3.36. The van der Waals surface area contributed by atoms with Gasteiger partial charge in [-0.1, -0.05) is 66.7 Å². The van der Waals surface area contributed by atoms with E-state index in [0.29, 0.717) is 44.2 Å². The van der Waals surface area contributed by atoms with Gasteiger partial charge in [0.25, 0.3) is 5.91 Å². The number of piperazine rings is 1. The van der Waals surface area contributed by atoms with Crippen LogP contribution in [-0.2, 0) is 17.8 Å². The maximum Gasteiger partial charge on any atom is 0.270 e. The molecule has 1 N–H and O–H groups in total. The lowest BCUT2D eigenvalue weighted by Crippen LogP contribution is -2.51. The van der Waals surface area contributed by atoms with Crippen LogP contribution in [0.3, 0.4) is 0 Å². The Hall–Kier alpha value is -3.90. The van der Waals surface area contributed by atoms with E-state index >= 15 is 0 Å². The monoisotopic (exact) mass is 548 g/mol. The van der Waals surface area contributed by atoms with E-state index in [9.17, 15) is 9.59 Å². The van der Waals surface area contributed by atoms with E-state index in [1.54, 1.807) is 0 Å². The Kier molecular flexibility index (Phi) is 7.93. The minimum Gasteiger partial charge on any atom is -0.350 e. The van der Waals surface area contributed by atoms with Crippen LogP contribution in [-0.4, -0.2) is 70.8 Å². The lowest BCUT2D eigenvalue weighted by molar-refractivity contribution is -0.131. The largest absolute Gasteiger partial charge is 0.350 e. The molecule has 212 valence electrons. The topological polar surface area (TPSA) is 59.7 Å². The maximum atomic E-state index is 13.9. The molecule has 2 aliphatic heterocycles. The van der Waals surface area contributed by atoms with Crippen molar-refractivity contribution in [2.24, 2.45) is 0 Å². The number of aryl methyl sites for hydroxylation is 2. The van der Waals surface area contributed by atoms with Crippen molar-refractivity contribution >= 4 is 22.7 Å². The second-order valence-electron chi connectivity index (χ2n) is 11.7. The Morgan fingerprint density at radius 2 is 1.39 bits per heavy atom. The number of hydrogen-bond donors (Lipinski definition) is 1. The van der Waals surface area contributed by atoms with Gasteiger partial charge in [-0.3, -0.25) is 14.5 Å². The van der Waals surface area contributed by atoms with Gasteiger partial charge in [-0.05, 0) is 74.0 Å². The third-order valence-electron chi connectivity index (χ3n) is 9.06. The highest BCUT2D eigenvalue weighted by molar-refractivity contribution is 6.01. The van der Waals surface area contributed by atoms with Crippen LogP contribution >= 0.6 is 0 Å². The molecular formula is C35H40N4O2. The van der Waals surface area contributed by atoms with Crippen molar-refractivity contribution in [1.82, 2.24) is 19.7 Å². The molecule has 2 amide bonds. The van der Waals surface area contributed by atoms with Crippen molar-refractivity contribution in [3.05, 3.63) is 106 Å². The number of amides is 2. The molecule has 0 saturated carbocycles. The van der Waals surface area contributed by atoms with Crippen molar-refractivity contribution in [3.63, 3.8) is 0 Å². The molecule has 0 spiro atoms. The number of benzene rings is 3. The van der Waals surface area contributed by atoms with Gasteiger partial charge < -0.3 is 14.8 Å². The quantitative estimate of drug-likeness (QED) is 0.337. The first-order chi connectivity index (χ1) is 20.0. The normalized spacial score (nSPS) is 16.8. The number of carbonyl (C=O) groups excluding carboxylic acids is 2. The van der Waals surface area contributed by atoms with E-state index < -0.39 is 0 Å².